The number of hydrogen-bond acceptors (Lipinski definition) is 4. The lowest BCUT2D eigenvalue weighted by Crippen LogP contribution is -2.12. The van der Waals surface area contributed by atoms with Crippen LogP contribution in [-0.4, -0.2) is 9.97 Å². The largest absolute Gasteiger partial charge is 0.417 e. The molecule has 0 fully saturated rings. The molecule has 0 atom stereocenters. The topological polar surface area (TPSA) is 63.8 Å². The number of benzene rings is 1. The van der Waals surface area contributed by atoms with Crippen LogP contribution in [0.15, 0.2) is 36.7 Å². The third-order valence-corrected chi connectivity index (χ3v) is 2.32. The number of aromatic nitrogens is 2. The van der Waals surface area contributed by atoms with Gasteiger partial charge in [0.2, 0.25) is 0 Å². The van der Waals surface area contributed by atoms with Crippen molar-refractivity contribution in [1.82, 2.24) is 9.97 Å². The zero-order valence-corrected chi connectivity index (χ0v) is 9.07. The smallest absolute Gasteiger partial charge is 0.307 e. The molecule has 94 valence electrons. The summed E-state index contributed by atoms with van der Waals surface area (Å²) in [6.07, 6.45) is -1.81. The van der Waals surface area contributed by atoms with Crippen molar-refractivity contribution < 1.29 is 13.2 Å². The molecule has 0 saturated heterocycles. The van der Waals surface area contributed by atoms with Gasteiger partial charge in [0.1, 0.15) is 5.69 Å². The fraction of sp³-hybridized carbons (Fsp3) is 0.0909. The average Bonchev–Trinajstić information content (AvgIpc) is 2.37. The zero-order valence-electron chi connectivity index (χ0n) is 9.07. The number of nitrogen functional groups attached to an aromatic ring is 1. The molecule has 4 nitrogen and oxygen atoms in total. The molecule has 0 spiro atoms. The van der Waals surface area contributed by atoms with E-state index in [-0.39, 0.29) is 17.1 Å². The summed E-state index contributed by atoms with van der Waals surface area (Å²) in [5.74, 6) is 5.31. The molecule has 0 radical (unpaired) electrons. The molecule has 0 amide bonds. The summed E-state index contributed by atoms with van der Waals surface area (Å²) in [6, 6.07) is 5.13. The van der Waals surface area contributed by atoms with E-state index >= 15 is 0 Å². The first-order valence-electron chi connectivity index (χ1n) is 4.98. The maximum atomic E-state index is 12.9. The van der Waals surface area contributed by atoms with Gasteiger partial charge in [0.15, 0.2) is 5.82 Å². The summed E-state index contributed by atoms with van der Waals surface area (Å²) < 4.78 is 38.6. The third kappa shape index (κ3) is 2.25. The minimum Gasteiger partial charge on any atom is -0.307 e. The molecule has 1 aromatic heterocycles. The third-order valence-electron chi connectivity index (χ3n) is 2.32. The Balaban J connectivity index is 2.65. The molecule has 0 aliphatic rings. The number of anilines is 1. The predicted octanol–water partition coefficient (Wildman–Crippen LogP) is 2.45. The molecule has 3 N–H and O–H groups in total. The first-order chi connectivity index (χ1) is 8.54. The maximum absolute atomic E-state index is 12.9. The van der Waals surface area contributed by atoms with E-state index in [2.05, 4.69) is 15.4 Å². The number of halogens is 3. The van der Waals surface area contributed by atoms with Gasteiger partial charge in [-0.2, -0.15) is 13.2 Å². The lowest BCUT2D eigenvalue weighted by atomic mass is 10.0. The van der Waals surface area contributed by atoms with Crippen molar-refractivity contribution >= 4 is 5.82 Å². The van der Waals surface area contributed by atoms with Gasteiger partial charge in [-0.05, 0) is 6.07 Å². The highest BCUT2D eigenvalue weighted by Gasteiger charge is 2.34. The molecule has 18 heavy (non-hydrogen) atoms. The van der Waals surface area contributed by atoms with Gasteiger partial charge < -0.3 is 5.43 Å². The molecule has 2 aromatic rings. The van der Waals surface area contributed by atoms with E-state index in [4.69, 9.17) is 5.84 Å². The first-order valence-corrected chi connectivity index (χ1v) is 4.98. The molecule has 1 heterocycles. The van der Waals surface area contributed by atoms with Crippen molar-refractivity contribution in [2.45, 2.75) is 6.18 Å². The minimum atomic E-state index is -4.46. The quantitative estimate of drug-likeness (QED) is 0.638. The van der Waals surface area contributed by atoms with Crippen LogP contribution in [0, 0.1) is 0 Å². The minimum absolute atomic E-state index is 0.0629. The SMILES string of the molecule is NNc1nccnc1-c1ccccc1C(F)(F)F. The second-order valence-corrected chi connectivity index (χ2v) is 3.44. The van der Waals surface area contributed by atoms with E-state index in [1.165, 1.54) is 30.6 Å². The van der Waals surface area contributed by atoms with Crippen LogP contribution in [0.1, 0.15) is 5.56 Å². The Morgan fingerprint density at radius 2 is 1.72 bits per heavy atom. The highest BCUT2D eigenvalue weighted by molar-refractivity contribution is 5.73. The average molecular weight is 254 g/mol. The molecular formula is C11H9F3N4. The van der Waals surface area contributed by atoms with Crippen molar-refractivity contribution in [1.29, 1.82) is 0 Å². The van der Waals surface area contributed by atoms with Gasteiger partial charge in [-0.3, -0.25) is 4.98 Å². The van der Waals surface area contributed by atoms with Crippen molar-refractivity contribution in [3.63, 3.8) is 0 Å². The highest BCUT2D eigenvalue weighted by atomic mass is 19.4. The predicted molar refractivity (Wildman–Crippen MR) is 60.3 cm³/mol. The van der Waals surface area contributed by atoms with Crippen molar-refractivity contribution in [3.8, 4) is 11.3 Å². The van der Waals surface area contributed by atoms with Gasteiger partial charge in [0.05, 0.1) is 5.56 Å². The van der Waals surface area contributed by atoms with Crippen molar-refractivity contribution in [2.75, 3.05) is 5.43 Å². The van der Waals surface area contributed by atoms with Crippen LogP contribution in [0.25, 0.3) is 11.3 Å². The Labute approximate surface area is 101 Å². The Morgan fingerprint density at radius 3 is 2.39 bits per heavy atom. The Kier molecular flexibility index (Phi) is 3.15. The van der Waals surface area contributed by atoms with E-state index in [1.54, 1.807) is 0 Å². The molecule has 7 heteroatoms. The number of alkyl halides is 3. The normalized spacial score (nSPS) is 11.3. The molecule has 0 bridgehead atoms. The van der Waals surface area contributed by atoms with Crippen LogP contribution in [0.2, 0.25) is 0 Å². The Bertz CT molecular complexity index is 554. The number of hydrogen-bond donors (Lipinski definition) is 2. The first kappa shape index (κ1) is 12.3. The molecule has 1 aromatic carbocycles. The Hall–Kier alpha value is -2.15. The van der Waals surface area contributed by atoms with Crippen LogP contribution < -0.4 is 11.3 Å². The molecule has 0 saturated carbocycles. The number of hydrazine groups is 1. The summed E-state index contributed by atoms with van der Waals surface area (Å²) in [5, 5.41) is 0. The van der Waals surface area contributed by atoms with E-state index in [9.17, 15) is 13.2 Å². The summed E-state index contributed by atoms with van der Waals surface area (Å²) in [5.41, 5.74) is 1.45. The standard InChI is InChI=1S/C11H9F3N4/c12-11(13,14)8-4-2-1-3-7(8)9-10(18-15)17-6-5-16-9/h1-6H,15H2,(H,17,18). The Morgan fingerprint density at radius 1 is 1.06 bits per heavy atom. The van der Waals surface area contributed by atoms with Crippen molar-refractivity contribution in [2.24, 2.45) is 5.84 Å². The number of rotatable bonds is 2. The summed E-state index contributed by atoms with van der Waals surface area (Å²) in [4.78, 5) is 7.72. The van der Waals surface area contributed by atoms with E-state index < -0.39 is 11.7 Å². The van der Waals surface area contributed by atoms with Gasteiger partial charge in [0.25, 0.3) is 0 Å². The summed E-state index contributed by atoms with van der Waals surface area (Å²) in [7, 11) is 0. The second kappa shape index (κ2) is 4.61. The zero-order chi connectivity index (χ0) is 13.2. The van der Waals surface area contributed by atoms with Gasteiger partial charge in [0, 0.05) is 18.0 Å². The number of nitrogens with zero attached hydrogens (tertiary/aromatic N) is 2. The van der Waals surface area contributed by atoms with Crippen molar-refractivity contribution in [3.05, 3.63) is 42.2 Å². The van der Waals surface area contributed by atoms with Crippen LogP contribution in [-0.2, 0) is 6.18 Å². The molecule has 0 aliphatic heterocycles. The number of nitrogens with one attached hydrogen (secondary N) is 1. The molecule has 2 rings (SSSR count). The number of nitrogens with two attached hydrogens (primary N) is 1. The monoisotopic (exact) mass is 254 g/mol. The van der Waals surface area contributed by atoms with Crippen LogP contribution in [0.3, 0.4) is 0 Å². The van der Waals surface area contributed by atoms with E-state index in [0.717, 1.165) is 6.07 Å². The van der Waals surface area contributed by atoms with Crippen LogP contribution in [0.5, 0.6) is 0 Å². The fourth-order valence-corrected chi connectivity index (χ4v) is 1.58. The summed E-state index contributed by atoms with van der Waals surface area (Å²) in [6.45, 7) is 0. The molecular weight excluding hydrogens is 245 g/mol. The van der Waals surface area contributed by atoms with Gasteiger partial charge in [-0.25, -0.2) is 10.8 Å². The van der Waals surface area contributed by atoms with E-state index in [1.807, 2.05) is 0 Å². The summed E-state index contributed by atoms with van der Waals surface area (Å²) >= 11 is 0. The van der Waals surface area contributed by atoms with Crippen LogP contribution in [0.4, 0.5) is 19.0 Å². The lowest BCUT2D eigenvalue weighted by Gasteiger charge is -2.13. The lowest BCUT2D eigenvalue weighted by molar-refractivity contribution is -0.137. The van der Waals surface area contributed by atoms with Gasteiger partial charge in [-0.15, -0.1) is 0 Å². The molecule has 0 unspecified atom stereocenters. The van der Waals surface area contributed by atoms with Gasteiger partial charge >= 0.3 is 6.18 Å². The fourth-order valence-electron chi connectivity index (χ4n) is 1.58. The van der Waals surface area contributed by atoms with Gasteiger partial charge in [-0.1, -0.05) is 18.2 Å². The maximum Gasteiger partial charge on any atom is 0.417 e. The molecule has 0 aliphatic carbocycles. The second-order valence-electron chi connectivity index (χ2n) is 3.44. The van der Waals surface area contributed by atoms with E-state index in [0.29, 0.717) is 0 Å². The highest BCUT2D eigenvalue weighted by Crippen LogP contribution is 2.37. The van der Waals surface area contributed by atoms with Crippen LogP contribution >= 0.6 is 0 Å².